The lowest BCUT2D eigenvalue weighted by Gasteiger charge is -2.27. The summed E-state index contributed by atoms with van der Waals surface area (Å²) in [7, 11) is -0.615. The zero-order chi connectivity index (χ0) is 28.2. The molecule has 0 amide bonds. The monoisotopic (exact) mass is 566 g/mol. The quantitative estimate of drug-likeness (QED) is 0.154. The Labute approximate surface area is 238 Å². The molecule has 0 atom stereocenters. The van der Waals surface area contributed by atoms with Crippen LogP contribution in [0.2, 0.25) is 0 Å². The molecule has 2 N–H and O–H groups in total. The molecule has 6 rings (SSSR count). The van der Waals surface area contributed by atoms with Crippen LogP contribution in [0.5, 0.6) is 11.5 Å². The number of nitrogens with one attached hydrogen (secondary N) is 2. The fourth-order valence-electron chi connectivity index (χ4n) is 5.13. The molecule has 0 unspecified atom stereocenters. The number of rotatable bonds is 11. The van der Waals surface area contributed by atoms with Crippen molar-refractivity contribution in [3.8, 4) is 11.5 Å². The minimum absolute atomic E-state index is 0.135. The summed E-state index contributed by atoms with van der Waals surface area (Å²) >= 11 is 0. The SMILES string of the molecule is COc1ccc2c(C(c3c[nH]c4cc(OC)ccc34)P(=O)(OCc3ccccc3)OCc3ccccc3)c[nH]c2c1. The maximum atomic E-state index is 15.3. The largest absolute Gasteiger partial charge is 0.497 e. The number of aromatic nitrogens is 2. The highest BCUT2D eigenvalue weighted by Crippen LogP contribution is 2.66. The molecule has 0 fully saturated rings. The molecule has 0 spiro atoms. The summed E-state index contributed by atoms with van der Waals surface area (Å²) in [5.74, 6) is 1.45. The van der Waals surface area contributed by atoms with E-state index in [-0.39, 0.29) is 13.2 Å². The van der Waals surface area contributed by atoms with Gasteiger partial charge in [0.05, 0.1) is 27.4 Å². The van der Waals surface area contributed by atoms with Gasteiger partial charge in [-0.05, 0) is 46.5 Å². The molecule has 0 bridgehead atoms. The van der Waals surface area contributed by atoms with Crippen LogP contribution in [0, 0.1) is 0 Å². The number of H-pyrrole nitrogens is 2. The maximum absolute atomic E-state index is 15.3. The Morgan fingerprint density at radius 3 is 1.49 bits per heavy atom. The van der Waals surface area contributed by atoms with Crippen LogP contribution in [-0.2, 0) is 26.8 Å². The summed E-state index contributed by atoms with van der Waals surface area (Å²) < 4.78 is 38.9. The highest BCUT2D eigenvalue weighted by atomic mass is 31.2. The summed E-state index contributed by atoms with van der Waals surface area (Å²) in [6, 6.07) is 31.0. The first-order valence-electron chi connectivity index (χ1n) is 13.3. The topological polar surface area (TPSA) is 85.6 Å². The Bertz CT molecular complexity index is 1680. The second-order valence-corrected chi connectivity index (χ2v) is 11.9. The second kappa shape index (κ2) is 11.7. The van der Waals surface area contributed by atoms with Crippen molar-refractivity contribution in [1.82, 2.24) is 9.97 Å². The predicted octanol–water partition coefficient (Wildman–Crippen LogP) is 8.38. The van der Waals surface area contributed by atoms with E-state index < -0.39 is 13.3 Å². The van der Waals surface area contributed by atoms with Crippen molar-refractivity contribution in [3.05, 3.63) is 132 Å². The van der Waals surface area contributed by atoms with Crippen molar-refractivity contribution in [2.75, 3.05) is 14.2 Å². The zero-order valence-electron chi connectivity index (χ0n) is 22.9. The number of aromatic amines is 2. The van der Waals surface area contributed by atoms with E-state index in [0.29, 0.717) is 0 Å². The van der Waals surface area contributed by atoms with Crippen LogP contribution in [0.1, 0.15) is 27.9 Å². The molecule has 2 heterocycles. The van der Waals surface area contributed by atoms with Gasteiger partial charge >= 0.3 is 7.60 Å². The van der Waals surface area contributed by atoms with Gasteiger partial charge in [0.15, 0.2) is 0 Å². The van der Waals surface area contributed by atoms with E-state index in [0.717, 1.165) is 55.6 Å². The van der Waals surface area contributed by atoms with Gasteiger partial charge < -0.3 is 28.5 Å². The fourth-order valence-corrected chi connectivity index (χ4v) is 7.27. The average molecular weight is 567 g/mol. The first kappa shape index (κ1) is 26.9. The van der Waals surface area contributed by atoms with Crippen LogP contribution >= 0.6 is 7.60 Å². The molecule has 6 aromatic rings. The van der Waals surface area contributed by atoms with Gasteiger partial charge in [0, 0.05) is 46.3 Å². The minimum Gasteiger partial charge on any atom is -0.497 e. The van der Waals surface area contributed by atoms with E-state index in [4.69, 9.17) is 18.5 Å². The van der Waals surface area contributed by atoms with Crippen LogP contribution in [0.25, 0.3) is 21.8 Å². The molecular formula is C33H31N2O5P. The summed E-state index contributed by atoms with van der Waals surface area (Å²) in [6.07, 6.45) is 3.78. The standard InChI is InChI=1S/C33H31N2O5P/c1-37-25-13-15-27-29(19-34-31(27)17-25)33(30-20-35-32-18-26(38-2)14-16-28(30)32)41(36,39-21-23-9-5-3-6-10-23)40-22-24-11-7-4-8-12-24/h3-20,33-35H,21-22H2,1-2H3. The predicted molar refractivity (Wildman–Crippen MR) is 162 cm³/mol. The summed E-state index contributed by atoms with van der Waals surface area (Å²) in [4.78, 5) is 6.70. The van der Waals surface area contributed by atoms with Crippen molar-refractivity contribution in [1.29, 1.82) is 0 Å². The number of ether oxygens (including phenoxy) is 2. The fraction of sp³-hybridized carbons (Fsp3) is 0.152. The van der Waals surface area contributed by atoms with E-state index >= 15 is 4.57 Å². The van der Waals surface area contributed by atoms with Gasteiger partial charge in [0.2, 0.25) is 0 Å². The number of benzene rings is 4. The zero-order valence-corrected chi connectivity index (χ0v) is 23.8. The highest BCUT2D eigenvalue weighted by molar-refractivity contribution is 7.54. The minimum atomic E-state index is -3.89. The average Bonchev–Trinajstić information content (AvgIpc) is 3.64. The third-order valence-electron chi connectivity index (χ3n) is 7.26. The van der Waals surface area contributed by atoms with Gasteiger partial charge in [0.25, 0.3) is 0 Å². The first-order valence-corrected chi connectivity index (χ1v) is 15.0. The Morgan fingerprint density at radius 1 is 0.634 bits per heavy atom. The third kappa shape index (κ3) is 5.52. The van der Waals surface area contributed by atoms with E-state index in [9.17, 15) is 0 Å². The molecule has 0 aliphatic carbocycles. The molecule has 0 saturated carbocycles. The van der Waals surface area contributed by atoms with Crippen molar-refractivity contribution in [2.45, 2.75) is 18.9 Å². The molecule has 0 saturated heterocycles. The van der Waals surface area contributed by atoms with Gasteiger partial charge in [0.1, 0.15) is 17.2 Å². The molecule has 7 nitrogen and oxygen atoms in total. The van der Waals surface area contributed by atoms with E-state index in [1.54, 1.807) is 14.2 Å². The molecule has 0 aliphatic heterocycles. The van der Waals surface area contributed by atoms with Crippen LogP contribution in [0.3, 0.4) is 0 Å². The summed E-state index contributed by atoms with van der Waals surface area (Å²) in [5, 5.41) is 1.82. The normalized spacial score (nSPS) is 11.9. The summed E-state index contributed by atoms with van der Waals surface area (Å²) in [5.41, 5.74) is 4.42. The lowest BCUT2D eigenvalue weighted by atomic mass is 10.0. The van der Waals surface area contributed by atoms with E-state index in [1.165, 1.54) is 0 Å². The molecule has 0 aliphatic rings. The van der Waals surface area contributed by atoms with Crippen LogP contribution in [-0.4, -0.2) is 24.2 Å². The molecule has 0 radical (unpaired) electrons. The van der Waals surface area contributed by atoms with Crippen molar-refractivity contribution < 1.29 is 23.1 Å². The van der Waals surface area contributed by atoms with Gasteiger partial charge in [-0.25, -0.2) is 0 Å². The van der Waals surface area contributed by atoms with Crippen LogP contribution in [0.4, 0.5) is 0 Å². The van der Waals surface area contributed by atoms with Crippen LogP contribution in [0.15, 0.2) is 109 Å². The Morgan fingerprint density at radius 2 is 1.07 bits per heavy atom. The molecular weight excluding hydrogens is 535 g/mol. The second-order valence-electron chi connectivity index (χ2n) is 9.77. The Kier molecular flexibility index (Phi) is 7.66. The first-order chi connectivity index (χ1) is 20.1. The van der Waals surface area contributed by atoms with Gasteiger partial charge in [-0.15, -0.1) is 0 Å². The van der Waals surface area contributed by atoms with Crippen molar-refractivity contribution in [3.63, 3.8) is 0 Å². The molecule has 4 aromatic carbocycles. The van der Waals surface area contributed by atoms with Gasteiger partial charge in [-0.2, -0.15) is 0 Å². The number of hydrogen-bond donors (Lipinski definition) is 2. The van der Waals surface area contributed by atoms with E-state index in [2.05, 4.69) is 9.97 Å². The van der Waals surface area contributed by atoms with Crippen LogP contribution < -0.4 is 9.47 Å². The molecule has 2 aromatic heterocycles. The lowest BCUT2D eigenvalue weighted by Crippen LogP contribution is -2.08. The van der Waals surface area contributed by atoms with E-state index in [1.807, 2.05) is 109 Å². The lowest BCUT2D eigenvalue weighted by molar-refractivity contribution is 0.186. The molecule has 208 valence electrons. The maximum Gasteiger partial charge on any atom is 0.343 e. The van der Waals surface area contributed by atoms with Crippen molar-refractivity contribution in [2.24, 2.45) is 0 Å². The van der Waals surface area contributed by atoms with Gasteiger partial charge in [-0.1, -0.05) is 60.7 Å². The van der Waals surface area contributed by atoms with Crippen molar-refractivity contribution >= 4 is 29.4 Å². The Hall–Kier alpha value is -4.29. The Balaban J connectivity index is 1.51. The van der Waals surface area contributed by atoms with Gasteiger partial charge in [-0.3, -0.25) is 4.57 Å². The number of hydrogen-bond acceptors (Lipinski definition) is 5. The third-order valence-corrected chi connectivity index (χ3v) is 9.42. The molecule has 41 heavy (non-hydrogen) atoms. The summed E-state index contributed by atoms with van der Waals surface area (Å²) in [6.45, 7) is 0.269. The number of methoxy groups -OCH3 is 2. The number of fused-ring (bicyclic) bond motifs is 2. The smallest absolute Gasteiger partial charge is 0.343 e. The highest BCUT2D eigenvalue weighted by Gasteiger charge is 2.41. The molecule has 8 heteroatoms.